The number of hydrogen-bond acceptors (Lipinski definition) is 5. The molecule has 2 aliphatic rings. The maximum atomic E-state index is 13.2. The first-order valence-electron chi connectivity index (χ1n) is 12.1. The number of halogens is 1. The Kier molecular flexibility index (Phi) is 6.95. The molecule has 2 fully saturated rings. The first-order chi connectivity index (χ1) is 16.7. The van der Waals surface area contributed by atoms with Crippen LogP contribution >= 0.6 is 11.6 Å². The number of rotatable bonds is 5. The van der Waals surface area contributed by atoms with Gasteiger partial charge in [-0.1, -0.05) is 54.1 Å². The summed E-state index contributed by atoms with van der Waals surface area (Å²) in [7, 11) is 0. The highest BCUT2D eigenvalue weighted by molar-refractivity contribution is 6.33. The zero-order valence-corrected chi connectivity index (χ0v) is 20.0. The van der Waals surface area contributed by atoms with E-state index in [1.54, 1.807) is 6.20 Å². The SMILES string of the molecule is O=C(C1CCN(c2nccc(Nc3ccccc3Cl)n2)CC1)N1CCC(c2ccccc2)CC1. The summed E-state index contributed by atoms with van der Waals surface area (Å²) in [4.78, 5) is 26.6. The number of carbonyl (C=O) groups is 1. The first-order valence-corrected chi connectivity index (χ1v) is 12.5. The molecule has 0 saturated carbocycles. The van der Waals surface area contributed by atoms with E-state index in [1.807, 2.05) is 30.3 Å². The third kappa shape index (κ3) is 5.17. The summed E-state index contributed by atoms with van der Waals surface area (Å²) in [5.41, 5.74) is 2.21. The van der Waals surface area contributed by atoms with Gasteiger partial charge in [-0.15, -0.1) is 0 Å². The Morgan fingerprint density at radius 1 is 0.882 bits per heavy atom. The van der Waals surface area contributed by atoms with Gasteiger partial charge in [0.25, 0.3) is 0 Å². The van der Waals surface area contributed by atoms with Crippen LogP contribution in [0.3, 0.4) is 0 Å². The lowest BCUT2D eigenvalue weighted by Gasteiger charge is -2.37. The standard InChI is InChI=1S/C27H30ClN5O/c28-23-8-4-5-9-24(23)30-25-10-15-29-27(31-25)33-18-13-22(14-19-33)26(34)32-16-11-21(12-17-32)20-6-2-1-3-7-20/h1-10,15,21-22H,11-14,16-19H2,(H,29,30,31). The van der Waals surface area contributed by atoms with Crippen molar-refractivity contribution in [1.29, 1.82) is 0 Å². The van der Waals surface area contributed by atoms with Crippen LogP contribution in [0.4, 0.5) is 17.5 Å². The highest BCUT2D eigenvalue weighted by atomic mass is 35.5. The molecule has 2 saturated heterocycles. The molecule has 1 aromatic heterocycles. The Morgan fingerprint density at radius 2 is 1.59 bits per heavy atom. The highest BCUT2D eigenvalue weighted by Gasteiger charge is 2.31. The number of para-hydroxylation sites is 1. The molecule has 2 aliphatic heterocycles. The van der Waals surface area contributed by atoms with Crippen molar-refractivity contribution < 1.29 is 4.79 Å². The summed E-state index contributed by atoms with van der Waals surface area (Å²) in [5.74, 6) is 2.37. The predicted molar refractivity (Wildman–Crippen MR) is 137 cm³/mol. The second-order valence-corrected chi connectivity index (χ2v) is 9.53. The number of nitrogens with zero attached hydrogens (tertiary/aromatic N) is 4. The molecule has 0 radical (unpaired) electrons. The van der Waals surface area contributed by atoms with Crippen LogP contribution in [0.25, 0.3) is 0 Å². The average molecular weight is 476 g/mol. The summed E-state index contributed by atoms with van der Waals surface area (Å²) in [6, 6.07) is 20.1. The number of likely N-dealkylation sites (tertiary alicyclic amines) is 1. The van der Waals surface area contributed by atoms with Crippen molar-refractivity contribution in [1.82, 2.24) is 14.9 Å². The quantitative estimate of drug-likeness (QED) is 0.528. The van der Waals surface area contributed by atoms with Crippen LogP contribution in [0.5, 0.6) is 0 Å². The Balaban J connectivity index is 1.14. The van der Waals surface area contributed by atoms with E-state index in [4.69, 9.17) is 11.6 Å². The van der Waals surface area contributed by atoms with Gasteiger partial charge in [-0.2, -0.15) is 4.98 Å². The summed E-state index contributed by atoms with van der Waals surface area (Å²) < 4.78 is 0. The smallest absolute Gasteiger partial charge is 0.227 e. The fourth-order valence-electron chi connectivity index (χ4n) is 5.01. The number of nitrogens with one attached hydrogen (secondary N) is 1. The number of hydrogen-bond donors (Lipinski definition) is 1. The van der Waals surface area contributed by atoms with E-state index in [0.717, 1.165) is 57.5 Å². The molecular weight excluding hydrogens is 446 g/mol. The van der Waals surface area contributed by atoms with Gasteiger partial charge in [-0.05, 0) is 55.4 Å². The fourth-order valence-corrected chi connectivity index (χ4v) is 5.20. The van der Waals surface area contributed by atoms with Crippen molar-refractivity contribution >= 4 is 35.0 Å². The van der Waals surface area contributed by atoms with Crippen molar-refractivity contribution in [3.8, 4) is 0 Å². The number of carbonyl (C=O) groups excluding carboxylic acids is 1. The van der Waals surface area contributed by atoms with Crippen molar-refractivity contribution in [2.45, 2.75) is 31.6 Å². The largest absolute Gasteiger partial charge is 0.342 e. The zero-order chi connectivity index (χ0) is 23.3. The predicted octanol–water partition coefficient (Wildman–Crippen LogP) is 5.50. The molecule has 176 valence electrons. The van der Waals surface area contributed by atoms with Crippen molar-refractivity contribution in [3.63, 3.8) is 0 Å². The molecule has 34 heavy (non-hydrogen) atoms. The van der Waals surface area contributed by atoms with Crippen LogP contribution in [0.2, 0.25) is 5.02 Å². The Bertz CT molecular complexity index is 1110. The third-order valence-corrected chi connectivity index (χ3v) is 7.31. The molecule has 0 atom stereocenters. The normalized spacial score (nSPS) is 17.6. The minimum absolute atomic E-state index is 0.0916. The third-order valence-electron chi connectivity index (χ3n) is 6.98. The van der Waals surface area contributed by atoms with Crippen LogP contribution in [0.1, 0.15) is 37.2 Å². The number of anilines is 3. The molecule has 0 unspecified atom stereocenters. The summed E-state index contributed by atoms with van der Waals surface area (Å²) in [6.45, 7) is 3.29. The summed E-state index contributed by atoms with van der Waals surface area (Å²) in [6.07, 6.45) is 5.53. The molecule has 6 nitrogen and oxygen atoms in total. The lowest BCUT2D eigenvalue weighted by Crippen LogP contribution is -2.45. The number of piperidine rings is 2. The summed E-state index contributed by atoms with van der Waals surface area (Å²) >= 11 is 6.26. The van der Waals surface area contributed by atoms with E-state index in [0.29, 0.717) is 28.6 Å². The maximum Gasteiger partial charge on any atom is 0.227 e. The fraction of sp³-hybridized carbons (Fsp3) is 0.370. The van der Waals surface area contributed by atoms with Gasteiger partial charge in [0.15, 0.2) is 0 Å². The molecule has 3 aromatic rings. The van der Waals surface area contributed by atoms with Crippen LogP contribution in [-0.4, -0.2) is 47.0 Å². The average Bonchev–Trinajstić information content (AvgIpc) is 2.90. The minimum atomic E-state index is 0.0916. The van der Waals surface area contributed by atoms with Crippen LogP contribution in [-0.2, 0) is 4.79 Å². The number of benzene rings is 2. The van der Waals surface area contributed by atoms with E-state index in [2.05, 4.69) is 55.4 Å². The van der Waals surface area contributed by atoms with E-state index < -0.39 is 0 Å². The van der Waals surface area contributed by atoms with Gasteiger partial charge in [0.2, 0.25) is 11.9 Å². The van der Waals surface area contributed by atoms with Gasteiger partial charge in [0.1, 0.15) is 5.82 Å². The van der Waals surface area contributed by atoms with Crippen LogP contribution < -0.4 is 10.2 Å². The van der Waals surface area contributed by atoms with Crippen LogP contribution in [0.15, 0.2) is 66.9 Å². The second-order valence-electron chi connectivity index (χ2n) is 9.12. The maximum absolute atomic E-state index is 13.2. The molecule has 0 aliphatic carbocycles. The topological polar surface area (TPSA) is 61.4 Å². The molecule has 0 spiro atoms. The molecular formula is C27H30ClN5O. The second kappa shape index (κ2) is 10.4. The van der Waals surface area contributed by atoms with E-state index >= 15 is 0 Å². The minimum Gasteiger partial charge on any atom is -0.342 e. The van der Waals surface area contributed by atoms with E-state index in [9.17, 15) is 4.79 Å². The number of aromatic nitrogens is 2. The Hall–Kier alpha value is -3.12. The first kappa shape index (κ1) is 22.7. The van der Waals surface area contributed by atoms with Crippen molar-refractivity contribution in [2.24, 2.45) is 5.92 Å². The molecule has 1 amide bonds. The van der Waals surface area contributed by atoms with E-state index in [-0.39, 0.29) is 5.92 Å². The molecule has 3 heterocycles. The molecule has 0 bridgehead atoms. The molecule has 5 rings (SSSR count). The Labute approximate surface area is 206 Å². The molecule has 7 heteroatoms. The van der Waals surface area contributed by atoms with Crippen molar-refractivity contribution in [3.05, 3.63) is 77.4 Å². The van der Waals surface area contributed by atoms with Crippen LogP contribution in [0, 0.1) is 5.92 Å². The van der Waals surface area contributed by atoms with Gasteiger partial charge < -0.3 is 15.1 Å². The summed E-state index contributed by atoms with van der Waals surface area (Å²) in [5, 5.41) is 3.91. The monoisotopic (exact) mass is 475 g/mol. The number of amides is 1. The lowest BCUT2D eigenvalue weighted by molar-refractivity contribution is -0.137. The van der Waals surface area contributed by atoms with Gasteiger partial charge in [-0.3, -0.25) is 4.79 Å². The lowest BCUT2D eigenvalue weighted by atomic mass is 9.88. The highest BCUT2D eigenvalue weighted by Crippen LogP contribution is 2.30. The van der Waals surface area contributed by atoms with Gasteiger partial charge in [0, 0.05) is 38.3 Å². The molecule has 1 N–H and O–H groups in total. The van der Waals surface area contributed by atoms with Gasteiger partial charge >= 0.3 is 0 Å². The van der Waals surface area contributed by atoms with Gasteiger partial charge in [-0.25, -0.2) is 4.98 Å². The zero-order valence-electron chi connectivity index (χ0n) is 19.2. The molecule has 2 aromatic carbocycles. The van der Waals surface area contributed by atoms with E-state index in [1.165, 1.54) is 5.56 Å². The Morgan fingerprint density at radius 3 is 2.32 bits per heavy atom. The van der Waals surface area contributed by atoms with Crippen molar-refractivity contribution in [2.75, 3.05) is 36.4 Å². The van der Waals surface area contributed by atoms with Gasteiger partial charge in [0.05, 0.1) is 10.7 Å².